The van der Waals surface area contributed by atoms with Crippen LogP contribution < -0.4 is 5.43 Å². The van der Waals surface area contributed by atoms with Crippen LogP contribution in [-0.2, 0) is 20.9 Å². The molecule has 0 spiro atoms. The first-order chi connectivity index (χ1) is 12.4. The van der Waals surface area contributed by atoms with E-state index in [1.807, 2.05) is 0 Å². The van der Waals surface area contributed by atoms with Gasteiger partial charge in [-0.3, -0.25) is 9.59 Å². The van der Waals surface area contributed by atoms with E-state index in [2.05, 4.69) is 4.74 Å². The van der Waals surface area contributed by atoms with Gasteiger partial charge in [0, 0.05) is 13.2 Å². The Bertz CT molecular complexity index is 850. The quantitative estimate of drug-likeness (QED) is 0.716. The van der Waals surface area contributed by atoms with Gasteiger partial charge in [-0.2, -0.15) is 0 Å². The second kappa shape index (κ2) is 8.30. The first kappa shape index (κ1) is 19.2. The van der Waals surface area contributed by atoms with Crippen LogP contribution >= 0.6 is 0 Å². The van der Waals surface area contributed by atoms with Crippen molar-refractivity contribution in [3.63, 3.8) is 0 Å². The fourth-order valence-corrected chi connectivity index (χ4v) is 2.47. The Kier molecular flexibility index (Phi) is 6.13. The standard InChI is InChI=1S/C18H18O8/c1-24-9-12-7-14(19)16(21)17(26-12)13(8-15(20)25-2)10-3-5-11(6-4-10)18(22)23/h3-7,13,21H,8-9H2,1-2H3,(H,22,23). The van der Waals surface area contributed by atoms with Gasteiger partial charge in [0.2, 0.25) is 11.2 Å². The van der Waals surface area contributed by atoms with Gasteiger partial charge >= 0.3 is 11.9 Å². The van der Waals surface area contributed by atoms with Crippen molar-refractivity contribution in [3.8, 4) is 5.75 Å². The summed E-state index contributed by atoms with van der Waals surface area (Å²) in [5.74, 6) is -3.08. The number of ether oxygens (including phenoxy) is 2. The monoisotopic (exact) mass is 362 g/mol. The average molecular weight is 362 g/mol. The molecule has 0 aliphatic heterocycles. The zero-order valence-corrected chi connectivity index (χ0v) is 14.2. The summed E-state index contributed by atoms with van der Waals surface area (Å²) in [6.07, 6.45) is -0.212. The molecule has 0 fully saturated rings. The molecule has 0 aliphatic carbocycles. The summed E-state index contributed by atoms with van der Waals surface area (Å²) >= 11 is 0. The van der Waals surface area contributed by atoms with E-state index in [0.717, 1.165) is 6.07 Å². The lowest BCUT2D eigenvalue weighted by atomic mass is 9.91. The van der Waals surface area contributed by atoms with Gasteiger partial charge in [0.1, 0.15) is 12.4 Å². The Morgan fingerprint density at radius 2 is 1.85 bits per heavy atom. The Morgan fingerprint density at radius 1 is 1.19 bits per heavy atom. The van der Waals surface area contributed by atoms with E-state index in [0.29, 0.717) is 5.56 Å². The summed E-state index contributed by atoms with van der Waals surface area (Å²) in [6.45, 7) is 0.00537. The van der Waals surface area contributed by atoms with Gasteiger partial charge in [-0.25, -0.2) is 4.79 Å². The number of hydrogen-bond donors (Lipinski definition) is 2. The van der Waals surface area contributed by atoms with Gasteiger partial charge in [0.05, 0.1) is 25.0 Å². The number of carbonyl (C=O) groups excluding carboxylic acids is 1. The fraction of sp³-hybridized carbons (Fsp3) is 0.278. The number of methoxy groups -OCH3 is 2. The van der Waals surface area contributed by atoms with Crippen molar-refractivity contribution in [2.45, 2.75) is 18.9 Å². The number of aromatic carboxylic acids is 1. The van der Waals surface area contributed by atoms with Gasteiger partial charge in [0.25, 0.3) is 0 Å². The summed E-state index contributed by atoms with van der Waals surface area (Å²) in [5, 5.41) is 19.2. The normalized spacial score (nSPS) is 11.8. The van der Waals surface area contributed by atoms with Crippen molar-refractivity contribution in [2.75, 3.05) is 14.2 Å². The fourth-order valence-electron chi connectivity index (χ4n) is 2.47. The predicted octanol–water partition coefficient (Wildman–Crippen LogP) is 1.89. The van der Waals surface area contributed by atoms with Crippen LogP contribution in [0.5, 0.6) is 5.75 Å². The third-order valence-corrected chi connectivity index (χ3v) is 3.76. The molecule has 8 nitrogen and oxygen atoms in total. The minimum absolute atomic E-state index is 0.00537. The molecule has 0 radical (unpaired) electrons. The molecule has 2 N–H and O–H groups in total. The molecule has 0 saturated heterocycles. The van der Waals surface area contributed by atoms with Crippen LogP contribution in [0.4, 0.5) is 0 Å². The van der Waals surface area contributed by atoms with Crippen LogP contribution in [0, 0.1) is 0 Å². The number of aromatic hydroxyl groups is 1. The second-order valence-electron chi connectivity index (χ2n) is 5.48. The maximum Gasteiger partial charge on any atom is 0.335 e. The van der Waals surface area contributed by atoms with Crippen molar-refractivity contribution in [3.05, 3.63) is 63.2 Å². The van der Waals surface area contributed by atoms with E-state index in [4.69, 9.17) is 14.3 Å². The number of rotatable bonds is 7. The number of carbonyl (C=O) groups is 2. The zero-order chi connectivity index (χ0) is 19.3. The summed E-state index contributed by atoms with van der Waals surface area (Å²) in [5.41, 5.74) is -0.131. The molecule has 1 heterocycles. The number of benzene rings is 1. The topological polar surface area (TPSA) is 123 Å². The molecule has 1 unspecified atom stereocenters. The largest absolute Gasteiger partial charge is 0.502 e. The molecular weight excluding hydrogens is 344 g/mol. The molecule has 2 rings (SSSR count). The number of carboxylic acid groups (broad SMARTS) is 1. The van der Waals surface area contributed by atoms with E-state index < -0.39 is 29.0 Å². The summed E-state index contributed by atoms with van der Waals surface area (Å²) in [6, 6.07) is 6.79. The molecule has 1 aromatic carbocycles. The molecule has 2 aromatic rings. The lowest BCUT2D eigenvalue weighted by Crippen LogP contribution is -2.14. The Labute approximate surface area is 148 Å². The van der Waals surface area contributed by atoms with Crippen molar-refractivity contribution in [1.82, 2.24) is 0 Å². The Hall–Kier alpha value is -3.13. The number of hydrogen-bond acceptors (Lipinski definition) is 7. The Morgan fingerprint density at radius 3 is 2.38 bits per heavy atom. The van der Waals surface area contributed by atoms with Gasteiger partial charge in [0.15, 0.2) is 5.76 Å². The first-order valence-corrected chi connectivity index (χ1v) is 7.62. The smallest absolute Gasteiger partial charge is 0.335 e. The number of carboxylic acids is 1. The molecule has 0 amide bonds. The highest BCUT2D eigenvalue weighted by atomic mass is 16.5. The minimum atomic E-state index is -1.10. The zero-order valence-electron chi connectivity index (χ0n) is 14.2. The predicted molar refractivity (Wildman–Crippen MR) is 89.2 cm³/mol. The van der Waals surface area contributed by atoms with Crippen LogP contribution in [0.3, 0.4) is 0 Å². The molecular formula is C18H18O8. The van der Waals surface area contributed by atoms with E-state index in [1.165, 1.54) is 38.5 Å². The Balaban J connectivity index is 2.56. The molecule has 0 bridgehead atoms. The summed E-state index contributed by atoms with van der Waals surface area (Å²) in [7, 11) is 2.63. The van der Waals surface area contributed by atoms with E-state index >= 15 is 0 Å². The maximum atomic E-state index is 12.0. The van der Waals surface area contributed by atoms with Crippen molar-refractivity contribution in [1.29, 1.82) is 0 Å². The minimum Gasteiger partial charge on any atom is -0.502 e. The van der Waals surface area contributed by atoms with Crippen molar-refractivity contribution in [2.24, 2.45) is 0 Å². The van der Waals surface area contributed by atoms with E-state index in [-0.39, 0.29) is 30.1 Å². The highest BCUT2D eigenvalue weighted by molar-refractivity contribution is 5.87. The SMILES string of the molecule is COCc1cc(=O)c(O)c(C(CC(=O)OC)c2ccc(C(=O)O)cc2)o1. The van der Waals surface area contributed by atoms with Crippen molar-refractivity contribution < 1.29 is 33.7 Å². The van der Waals surface area contributed by atoms with Gasteiger partial charge in [-0.15, -0.1) is 0 Å². The number of esters is 1. The van der Waals surface area contributed by atoms with Gasteiger partial charge < -0.3 is 24.1 Å². The van der Waals surface area contributed by atoms with Crippen LogP contribution in [0.1, 0.15) is 39.8 Å². The second-order valence-corrected chi connectivity index (χ2v) is 5.48. The third-order valence-electron chi connectivity index (χ3n) is 3.76. The molecule has 138 valence electrons. The molecule has 26 heavy (non-hydrogen) atoms. The van der Waals surface area contributed by atoms with E-state index in [9.17, 15) is 19.5 Å². The average Bonchev–Trinajstić information content (AvgIpc) is 2.63. The molecule has 8 heteroatoms. The molecule has 1 aromatic heterocycles. The van der Waals surface area contributed by atoms with Crippen LogP contribution in [-0.4, -0.2) is 36.4 Å². The lowest BCUT2D eigenvalue weighted by Gasteiger charge is -2.17. The van der Waals surface area contributed by atoms with Crippen LogP contribution in [0.15, 0.2) is 39.5 Å². The summed E-state index contributed by atoms with van der Waals surface area (Å²) < 4.78 is 15.2. The summed E-state index contributed by atoms with van der Waals surface area (Å²) in [4.78, 5) is 34.8. The van der Waals surface area contributed by atoms with Gasteiger partial charge in [-0.05, 0) is 17.7 Å². The lowest BCUT2D eigenvalue weighted by molar-refractivity contribution is -0.140. The maximum absolute atomic E-state index is 12.0. The van der Waals surface area contributed by atoms with E-state index in [1.54, 1.807) is 0 Å². The van der Waals surface area contributed by atoms with Crippen LogP contribution in [0.2, 0.25) is 0 Å². The van der Waals surface area contributed by atoms with Gasteiger partial charge in [-0.1, -0.05) is 12.1 Å². The highest BCUT2D eigenvalue weighted by Crippen LogP contribution is 2.33. The molecule has 0 saturated carbocycles. The molecule has 1 atom stereocenters. The van der Waals surface area contributed by atoms with Crippen LogP contribution in [0.25, 0.3) is 0 Å². The highest BCUT2D eigenvalue weighted by Gasteiger charge is 2.26. The first-order valence-electron chi connectivity index (χ1n) is 7.62. The van der Waals surface area contributed by atoms with Crippen molar-refractivity contribution >= 4 is 11.9 Å². The third kappa shape index (κ3) is 4.28. The molecule has 0 aliphatic rings.